The third-order valence-corrected chi connectivity index (χ3v) is 10.1. The second-order valence-electron chi connectivity index (χ2n) is 12.8. The maximum atomic E-state index is 14.1. The summed E-state index contributed by atoms with van der Waals surface area (Å²) in [6.07, 6.45) is 4.72. The number of amides is 2. The van der Waals surface area contributed by atoms with Crippen molar-refractivity contribution in [2.24, 2.45) is 17.8 Å². The van der Waals surface area contributed by atoms with Gasteiger partial charge in [0.2, 0.25) is 11.8 Å². The first-order valence-corrected chi connectivity index (χ1v) is 16.6. The summed E-state index contributed by atoms with van der Waals surface area (Å²) in [7, 11) is -1.71. The Morgan fingerprint density at radius 1 is 0.938 bits per heavy atom. The van der Waals surface area contributed by atoms with Gasteiger partial charge in [0.05, 0.1) is 30.2 Å². The van der Waals surface area contributed by atoms with Gasteiger partial charge < -0.3 is 24.6 Å². The van der Waals surface area contributed by atoms with E-state index in [2.05, 4.69) is 13.0 Å². The van der Waals surface area contributed by atoms with Crippen molar-refractivity contribution < 1.29 is 34.2 Å². The van der Waals surface area contributed by atoms with Crippen LogP contribution >= 0.6 is 0 Å². The molecule has 7 rings (SSSR count). The molecule has 4 atom stereocenters. The minimum atomic E-state index is -1.71. The molecule has 2 saturated heterocycles. The molecule has 2 amide bonds. The van der Waals surface area contributed by atoms with Crippen molar-refractivity contribution in [2.45, 2.75) is 38.7 Å². The number of phenolic OH excluding ortho intramolecular Hbond substituents is 1. The van der Waals surface area contributed by atoms with Crippen molar-refractivity contribution in [3.63, 3.8) is 0 Å². The fourth-order valence-corrected chi connectivity index (χ4v) is 7.69. The third kappa shape index (κ3) is 5.94. The standard InChI is InChI=1S/C39H38BNO7/c1-2-24(19-25-16-17-34(42)31-14-7-6-13-30(25)31)15-18-35-36-26(22-47-29-11-4-3-5-12-29)20-32-37(33(36)23-48-35)39(44)41(38(32)43)28-10-8-9-27(21-28)40(45)46/h3-14,16-17,19,21,32-33,35,37,42,45-46H,2,15,18,20,22-23H2,1H3/b24-19+/t32-,33+,35-,37-/m1/s1. The number of hydrogen-bond acceptors (Lipinski definition) is 7. The average molecular weight is 644 g/mol. The van der Waals surface area contributed by atoms with E-state index < -0.39 is 19.0 Å². The summed E-state index contributed by atoms with van der Waals surface area (Å²) in [5.74, 6) is -0.955. The first-order chi connectivity index (χ1) is 23.3. The minimum absolute atomic E-state index is 0.211. The topological polar surface area (TPSA) is 117 Å². The van der Waals surface area contributed by atoms with Crippen LogP contribution in [0, 0.1) is 17.8 Å². The molecular formula is C39H38BNO7. The third-order valence-electron chi connectivity index (χ3n) is 10.1. The van der Waals surface area contributed by atoms with Crippen LogP contribution in [0.1, 0.15) is 38.2 Å². The number of benzene rings is 4. The normalized spacial score (nSPS) is 22.3. The number of phenols is 1. The van der Waals surface area contributed by atoms with E-state index >= 15 is 0 Å². The monoisotopic (exact) mass is 643 g/mol. The van der Waals surface area contributed by atoms with Crippen LogP contribution in [0.2, 0.25) is 0 Å². The van der Waals surface area contributed by atoms with E-state index in [1.165, 1.54) is 16.5 Å². The Balaban J connectivity index is 1.18. The quantitative estimate of drug-likeness (QED) is 0.120. The molecular weight excluding hydrogens is 605 g/mol. The van der Waals surface area contributed by atoms with Gasteiger partial charge in [-0.3, -0.25) is 14.5 Å². The molecule has 1 aliphatic carbocycles. The van der Waals surface area contributed by atoms with E-state index in [0.29, 0.717) is 25.3 Å². The van der Waals surface area contributed by atoms with Gasteiger partial charge in [-0.15, -0.1) is 0 Å². The van der Waals surface area contributed by atoms with Crippen molar-refractivity contribution >= 4 is 46.9 Å². The number of para-hydroxylation sites is 1. The second-order valence-corrected chi connectivity index (χ2v) is 12.8. The Morgan fingerprint density at radius 3 is 2.48 bits per heavy atom. The van der Waals surface area contributed by atoms with Gasteiger partial charge in [0.15, 0.2) is 0 Å². The Hall–Kier alpha value is -4.70. The minimum Gasteiger partial charge on any atom is -0.507 e. The van der Waals surface area contributed by atoms with Crippen LogP contribution < -0.4 is 15.1 Å². The number of allylic oxidation sites excluding steroid dienone is 1. The molecule has 48 heavy (non-hydrogen) atoms. The molecule has 4 aromatic carbocycles. The number of carbonyl (C=O) groups excluding carboxylic acids is 2. The number of rotatable bonds is 10. The highest BCUT2D eigenvalue weighted by Gasteiger charge is 2.57. The first-order valence-electron chi connectivity index (χ1n) is 16.6. The smallest absolute Gasteiger partial charge is 0.488 e. The highest BCUT2D eigenvalue weighted by atomic mass is 16.5. The molecule has 4 aromatic rings. The summed E-state index contributed by atoms with van der Waals surface area (Å²) >= 11 is 0. The van der Waals surface area contributed by atoms with Gasteiger partial charge in [-0.05, 0) is 83.6 Å². The lowest BCUT2D eigenvalue weighted by Gasteiger charge is -2.31. The van der Waals surface area contributed by atoms with Gasteiger partial charge in [0.1, 0.15) is 18.1 Å². The van der Waals surface area contributed by atoms with Gasteiger partial charge in [-0.2, -0.15) is 0 Å². The predicted molar refractivity (Wildman–Crippen MR) is 186 cm³/mol. The molecule has 0 aromatic heterocycles. The van der Waals surface area contributed by atoms with Gasteiger partial charge in [0.25, 0.3) is 0 Å². The number of carbonyl (C=O) groups is 2. The predicted octanol–water partition coefficient (Wildman–Crippen LogP) is 5.40. The lowest BCUT2D eigenvalue weighted by atomic mass is 9.69. The molecule has 0 spiro atoms. The summed E-state index contributed by atoms with van der Waals surface area (Å²) in [6, 6.07) is 27.4. The van der Waals surface area contributed by atoms with Crippen molar-refractivity contribution in [3.8, 4) is 11.5 Å². The zero-order valence-corrected chi connectivity index (χ0v) is 26.8. The molecule has 8 nitrogen and oxygen atoms in total. The van der Waals surface area contributed by atoms with Crippen LogP contribution in [0.4, 0.5) is 5.69 Å². The van der Waals surface area contributed by atoms with Crippen LogP contribution in [0.25, 0.3) is 16.8 Å². The van der Waals surface area contributed by atoms with E-state index in [1.807, 2.05) is 60.7 Å². The molecule has 3 aliphatic rings. The van der Waals surface area contributed by atoms with Crippen molar-refractivity contribution in [1.82, 2.24) is 0 Å². The SMILES string of the molecule is CC/C(=C\c1ccc(O)c2ccccc12)CC[C@H]1OC[C@H]2C1=C(COc1ccccc1)C[C@H]1C(=O)N(c3cccc(B(O)O)c3)C(=O)[C@H]12. The molecule has 2 fully saturated rings. The first kappa shape index (κ1) is 31.9. The maximum absolute atomic E-state index is 14.1. The van der Waals surface area contributed by atoms with Crippen molar-refractivity contribution in [2.75, 3.05) is 18.1 Å². The number of imide groups is 1. The van der Waals surface area contributed by atoms with E-state index in [0.717, 1.165) is 52.5 Å². The highest BCUT2D eigenvalue weighted by Crippen LogP contribution is 2.50. The summed E-state index contributed by atoms with van der Waals surface area (Å²) in [6.45, 7) is 2.77. The zero-order valence-electron chi connectivity index (χ0n) is 26.8. The van der Waals surface area contributed by atoms with E-state index in [9.17, 15) is 24.7 Å². The van der Waals surface area contributed by atoms with Crippen LogP contribution in [-0.2, 0) is 14.3 Å². The number of aromatic hydroxyl groups is 1. The average Bonchev–Trinajstić information content (AvgIpc) is 3.64. The number of anilines is 1. The van der Waals surface area contributed by atoms with E-state index in [-0.39, 0.29) is 35.0 Å². The molecule has 0 radical (unpaired) electrons. The highest BCUT2D eigenvalue weighted by molar-refractivity contribution is 6.58. The number of ether oxygens (including phenoxy) is 2. The Labute approximate surface area is 280 Å². The molecule has 0 bridgehead atoms. The van der Waals surface area contributed by atoms with Crippen LogP contribution in [0.3, 0.4) is 0 Å². The fourth-order valence-electron chi connectivity index (χ4n) is 7.69. The lowest BCUT2D eigenvalue weighted by Crippen LogP contribution is -2.36. The largest absolute Gasteiger partial charge is 0.507 e. The number of nitrogens with zero attached hydrogens (tertiary/aromatic N) is 1. The van der Waals surface area contributed by atoms with Crippen LogP contribution in [0.15, 0.2) is 108 Å². The van der Waals surface area contributed by atoms with Gasteiger partial charge in [-0.1, -0.05) is 79.2 Å². The molecule has 2 aliphatic heterocycles. The zero-order chi connectivity index (χ0) is 33.4. The molecule has 0 unspecified atom stereocenters. The Bertz CT molecular complexity index is 1920. The van der Waals surface area contributed by atoms with Crippen molar-refractivity contribution in [1.29, 1.82) is 0 Å². The maximum Gasteiger partial charge on any atom is 0.488 e. The fraction of sp³-hybridized carbons (Fsp3) is 0.282. The van der Waals surface area contributed by atoms with Gasteiger partial charge >= 0.3 is 7.12 Å². The van der Waals surface area contributed by atoms with E-state index in [4.69, 9.17) is 9.47 Å². The summed E-state index contributed by atoms with van der Waals surface area (Å²) in [5.41, 5.74) is 4.92. The van der Waals surface area contributed by atoms with E-state index in [1.54, 1.807) is 24.3 Å². The molecule has 2 heterocycles. The summed E-state index contributed by atoms with van der Waals surface area (Å²) in [5, 5.41) is 31.7. The van der Waals surface area contributed by atoms with Crippen LogP contribution in [-0.4, -0.2) is 53.4 Å². The summed E-state index contributed by atoms with van der Waals surface area (Å²) in [4.78, 5) is 29.2. The molecule has 244 valence electrons. The molecule has 9 heteroatoms. The molecule has 0 saturated carbocycles. The second kappa shape index (κ2) is 13.4. The Morgan fingerprint density at radius 2 is 1.71 bits per heavy atom. The number of fused-ring (bicyclic) bond motifs is 4. The Kier molecular flexibility index (Phi) is 8.92. The molecule has 3 N–H and O–H groups in total. The summed E-state index contributed by atoms with van der Waals surface area (Å²) < 4.78 is 12.7. The lowest BCUT2D eigenvalue weighted by molar-refractivity contribution is -0.122. The van der Waals surface area contributed by atoms with Crippen molar-refractivity contribution in [3.05, 3.63) is 113 Å². The van der Waals surface area contributed by atoms with Gasteiger partial charge in [-0.25, -0.2) is 0 Å². The van der Waals surface area contributed by atoms with Gasteiger partial charge in [0, 0.05) is 11.3 Å². The van der Waals surface area contributed by atoms with Crippen LogP contribution in [0.5, 0.6) is 11.5 Å². The number of hydrogen-bond donors (Lipinski definition) is 3.